The second-order valence-corrected chi connectivity index (χ2v) is 16.6. The van der Waals surface area contributed by atoms with Crippen molar-refractivity contribution in [3.8, 4) is 73.2 Å². The predicted octanol–water partition coefficient (Wildman–Crippen LogP) is 15.3. The van der Waals surface area contributed by atoms with E-state index in [4.69, 9.17) is 19.9 Å². The van der Waals surface area contributed by atoms with Gasteiger partial charge >= 0.3 is 0 Å². The molecule has 0 unspecified atom stereocenters. The van der Waals surface area contributed by atoms with Crippen molar-refractivity contribution < 1.29 is 0 Å². The van der Waals surface area contributed by atoms with E-state index in [1.165, 1.54) is 32.7 Å². The van der Waals surface area contributed by atoms with Gasteiger partial charge in [-0.2, -0.15) is 0 Å². The van der Waals surface area contributed by atoms with Crippen LogP contribution in [0.1, 0.15) is 0 Å². The Morgan fingerprint density at radius 2 is 0.677 bits per heavy atom. The number of aromatic nitrogens is 5. The molecule has 0 aliphatic heterocycles. The summed E-state index contributed by atoms with van der Waals surface area (Å²) in [6.45, 7) is 0. The van der Waals surface area contributed by atoms with Crippen molar-refractivity contribution >= 4 is 54.4 Å². The van der Waals surface area contributed by atoms with Crippen LogP contribution in [0.2, 0.25) is 0 Å². The Balaban J connectivity index is 1.04. The maximum atomic E-state index is 5.44. The highest BCUT2D eigenvalue weighted by molar-refractivity contribution is 6.24. The van der Waals surface area contributed by atoms with Gasteiger partial charge in [0.1, 0.15) is 0 Å². The number of hydrogen-bond donors (Lipinski definition) is 0. The Labute approximate surface area is 375 Å². The summed E-state index contributed by atoms with van der Waals surface area (Å²) in [4.78, 5) is 21.5. The molecule has 3 heterocycles. The molecule has 10 aromatic carbocycles. The summed E-state index contributed by atoms with van der Waals surface area (Å²) in [5, 5.41) is 6.91. The summed E-state index contributed by atoms with van der Waals surface area (Å²) < 4.78 is 2.38. The fraction of sp³-hybridized carbons (Fsp3) is 0. The third kappa shape index (κ3) is 6.24. The van der Waals surface area contributed by atoms with Gasteiger partial charge < -0.3 is 4.57 Å². The molecule has 0 radical (unpaired) electrons. The number of benzene rings is 10. The molecule has 0 fully saturated rings. The Hall–Kier alpha value is -8.80. The van der Waals surface area contributed by atoms with Gasteiger partial charge in [-0.3, -0.25) is 0 Å². The molecular formula is C60H37N5. The van der Waals surface area contributed by atoms with Crippen LogP contribution in [0.5, 0.6) is 0 Å². The van der Waals surface area contributed by atoms with Gasteiger partial charge in [-0.25, -0.2) is 19.9 Å². The van der Waals surface area contributed by atoms with Crippen LogP contribution < -0.4 is 0 Å². The van der Waals surface area contributed by atoms with Crippen molar-refractivity contribution in [1.29, 1.82) is 0 Å². The quantitative estimate of drug-likeness (QED) is 0.150. The van der Waals surface area contributed by atoms with Gasteiger partial charge in [-0.15, -0.1) is 0 Å². The molecule has 0 aliphatic rings. The van der Waals surface area contributed by atoms with Crippen LogP contribution in [0.3, 0.4) is 0 Å². The first kappa shape index (κ1) is 36.8. The van der Waals surface area contributed by atoms with Crippen molar-refractivity contribution in [2.24, 2.45) is 0 Å². The van der Waals surface area contributed by atoms with E-state index in [1.807, 2.05) is 24.3 Å². The van der Waals surface area contributed by atoms with Gasteiger partial charge in [0.05, 0.1) is 33.5 Å². The molecule has 0 amide bonds. The van der Waals surface area contributed by atoms with Crippen molar-refractivity contribution in [1.82, 2.24) is 24.5 Å². The van der Waals surface area contributed by atoms with Gasteiger partial charge in [0.2, 0.25) is 0 Å². The zero-order valence-corrected chi connectivity index (χ0v) is 35.1. The van der Waals surface area contributed by atoms with E-state index in [-0.39, 0.29) is 0 Å². The van der Waals surface area contributed by atoms with Crippen LogP contribution in [0.15, 0.2) is 224 Å². The van der Waals surface area contributed by atoms with Gasteiger partial charge in [0.25, 0.3) is 0 Å². The van der Waals surface area contributed by atoms with Crippen LogP contribution >= 0.6 is 0 Å². The van der Waals surface area contributed by atoms with Gasteiger partial charge in [-0.05, 0) is 75.5 Å². The van der Waals surface area contributed by atoms with E-state index in [0.29, 0.717) is 11.6 Å². The molecule has 13 rings (SSSR count). The average Bonchev–Trinajstić information content (AvgIpc) is 3.73. The lowest BCUT2D eigenvalue weighted by Gasteiger charge is -2.15. The standard InChI is InChI=1S/C60H37N5/c1-3-13-38(14-4-1)40-25-31-44(32-26-40)57-49-19-7-9-21-51(49)61-59(63-57)46-35-47(37-48(36-46)65-53-23-11-17-42-29-30-43-18-12-24-54(65)56(43)55(42)53)60-62-52-22-10-8-20-50(52)58(64-60)45-33-27-41(28-34-45)39-15-5-2-6-16-39/h1-37H. The van der Waals surface area contributed by atoms with Crippen molar-refractivity contribution in [2.45, 2.75) is 0 Å². The van der Waals surface area contributed by atoms with E-state index < -0.39 is 0 Å². The highest BCUT2D eigenvalue weighted by Crippen LogP contribution is 2.41. The largest absolute Gasteiger partial charge is 0.309 e. The molecular weight excluding hydrogens is 791 g/mol. The first-order valence-electron chi connectivity index (χ1n) is 22.0. The molecule has 5 nitrogen and oxygen atoms in total. The molecule has 0 bridgehead atoms. The zero-order chi connectivity index (χ0) is 42.8. The predicted molar refractivity (Wildman–Crippen MR) is 268 cm³/mol. The summed E-state index contributed by atoms with van der Waals surface area (Å²) in [5.41, 5.74) is 15.2. The smallest absolute Gasteiger partial charge is 0.160 e. The fourth-order valence-electron chi connectivity index (χ4n) is 9.65. The molecule has 5 heteroatoms. The number of hydrogen-bond acceptors (Lipinski definition) is 4. The van der Waals surface area contributed by atoms with Crippen LogP contribution in [-0.4, -0.2) is 24.5 Å². The summed E-state index contributed by atoms with van der Waals surface area (Å²) >= 11 is 0. The van der Waals surface area contributed by atoms with E-state index >= 15 is 0 Å². The van der Waals surface area contributed by atoms with Crippen LogP contribution in [0.4, 0.5) is 0 Å². The Morgan fingerprint density at radius 1 is 0.277 bits per heavy atom. The second kappa shape index (κ2) is 14.9. The van der Waals surface area contributed by atoms with Gasteiger partial charge in [0, 0.05) is 49.5 Å². The highest BCUT2D eigenvalue weighted by Gasteiger charge is 2.21. The van der Waals surface area contributed by atoms with Gasteiger partial charge in [-0.1, -0.05) is 182 Å². The number of rotatable bonds is 7. The van der Waals surface area contributed by atoms with E-state index in [0.717, 1.165) is 83.3 Å². The minimum absolute atomic E-state index is 0.625. The second-order valence-electron chi connectivity index (χ2n) is 16.6. The lowest BCUT2D eigenvalue weighted by Crippen LogP contribution is -2.01. The highest BCUT2D eigenvalue weighted by atomic mass is 15.0. The molecule has 0 N–H and O–H groups in total. The minimum atomic E-state index is 0.625. The number of nitrogens with zero attached hydrogens (tertiary/aromatic N) is 5. The zero-order valence-electron chi connectivity index (χ0n) is 35.1. The fourth-order valence-corrected chi connectivity index (χ4v) is 9.65. The third-order valence-electron chi connectivity index (χ3n) is 12.8. The molecule has 302 valence electrons. The summed E-state index contributed by atoms with van der Waals surface area (Å²) in [6.07, 6.45) is 0. The average molecular weight is 828 g/mol. The first-order chi connectivity index (χ1) is 32.2. The maximum absolute atomic E-state index is 5.44. The van der Waals surface area contributed by atoms with E-state index in [2.05, 4.69) is 205 Å². The summed E-state index contributed by atoms with van der Waals surface area (Å²) in [5.74, 6) is 1.25. The topological polar surface area (TPSA) is 56.5 Å². The molecule has 0 atom stereocenters. The Kier molecular flexibility index (Phi) is 8.46. The lowest BCUT2D eigenvalue weighted by atomic mass is 10.00. The molecule has 65 heavy (non-hydrogen) atoms. The molecule has 0 spiro atoms. The van der Waals surface area contributed by atoms with Crippen molar-refractivity contribution in [2.75, 3.05) is 0 Å². The van der Waals surface area contributed by atoms with Crippen LogP contribution in [0.25, 0.3) is 128 Å². The SMILES string of the molecule is c1ccc(-c2ccc(-c3nc(-c4cc(-c5nc(-c6ccc(-c7ccccc7)cc6)c6ccccc6n5)cc(-n5c6cccc7ccc8cccc5c8c76)c4)nc4ccccc34)cc2)cc1. The van der Waals surface area contributed by atoms with Crippen molar-refractivity contribution in [3.63, 3.8) is 0 Å². The third-order valence-corrected chi connectivity index (χ3v) is 12.8. The summed E-state index contributed by atoms with van der Waals surface area (Å²) in [7, 11) is 0. The maximum Gasteiger partial charge on any atom is 0.160 e. The Morgan fingerprint density at radius 3 is 1.14 bits per heavy atom. The molecule has 0 saturated carbocycles. The van der Waals surface area contributed by atoms with Crippen molar-refractivity contribution in [3.05, 3.63) is 224 Å². The molecule has 0 saturated heterocycles. The number of para-hydroxylation sites is 2. The Bertz CT molecular complexity index is 3660. The van der Waals surface area contributed by atoms with Crippen LogP contribution in [-0.2, 0) is 0 Å². The number of fused-ring (bicyclic) bond motifs is 2. The summed E-state index contributed by atoms with van der Waals surface area (Å²) in [6, 6.07) is 79.1. The molecule has 13 aromatic rings. The molecule has 0 aliphatic carbocycles. The van der Waals surface area contributed by atoms with E-state index in [9.17, 15) is 0 Å². The van der Waals surface area contributed by atoms with Crippen LogP contribution in [0, 0.1) is 0 Å². The molecule has 3 aromatic heterocycles. The monoisotopic (exact) mass is 827 g/mol. The lowest BCUT2D eigenvalue weighted by molar-refractivity contribution is 1.16. The van der Waals surface area contributed by atoms with Gasteiger partial charge in [0.15, 0.2) is 11.6 Å². The minimum Gasteiger partial charge on any atom is -0.309 e. The first-order valence-corrected chi connectivity index (χ1v) is 22.0. The van der Waals surface area contributed by atoms with E-state index in [1.54, 1.807) is 0 Å². The normalized spacial score (nSPS) is 11.7.